The smallest absolute Gasteiger partial charge is 0.352 e. The van der Waals surface area contributed by atoms with Gasteiger partial charge in [0, 0.05) is 12.2 Å². The molecule has 11 heteroatoms. The number of carboxylic acid groups (broad SMARTS) is 2. The van der Waals surface area contributed by atoms with Gasteiger partial charge in [-0.1, -0.05) is 0 Å². The van der Waals surface area contributed by atoms with E-state index in [1.54, 1.807) is 0 Å². The molecule has 2 aliphatic rings. The zero-order valence-electron chi connectivity index (χ0n) is 13.2. The van der Waals surface area contributed by atoms with Gasteiger partial charge in [0.25, 0.3) is 5.91 Å². The zero-order chi connectivity index (χ0) is 18.7. The number of fused-ring (bicyclic) bond motifs is 1. The summed E-state index contributed by atoms with van der Waals surface area (Å²) in [4.78, 5) is 47.1. The minimum absolute atomic E-state index is 0.0195. The molecule has 10 nitrogen and oxygen atoms in total. The summed E-state index contributed by atoms with van der Waals surface area (Å²) in [6.45, 7) is -0.452. The summed E-state index contributed by atoms with van der Waals surface area (Å²) in [7, 11) is 0. The molecular formula is C14H19N3O7S. The molecule has 2 aliphatic heterocycles. The summed E-state index contributed by atoms with van der Waals surface area (Å²) >= 11 is 1.26. The molecule has 0 spiro atoms. The lowest BCUT2D eigenvalue weighted by Crippen LogP contribution is -2.70. The molecule has 0 radical (unpaired) electrons. The van der Waals surface area contributed by atoms with Gasteiger partial charge in [-0.05, 0) is 18.4 Å². The predicted molar refractivity (Wildman–Crippen MR) is 86.2 cm³/mol. The van der Waals surface area contributed by atoms with Crippen molar-refractivity contribution in [2.24, 2.45) is 5.73 Å². The monoisotopic (exact) mass is 373 g/mol. The number of aliphatic hydroxyl groups excluding tert-OH is 1. The van der Waals surface area contributed by atoms with Crippen molar-refractivity contribution in [3.8, 4) is 0 Å². The normalized spacial score (nSPS) is 23.6. The first-order chi connectivity index (χ1) is 11.8. The summed E-state index contributed by atoms with van der Waals surface area (Å²) in [5.74, 6) is -3.15. The van der Waals surface area contributed by atoms with E-state index in [1.807, 2.05) is 0 Å². The Balaban J connectivity index is 1.91. The van der Waals surface area contributed by atoms with E-state index in [2.05, 4.69) is 5.32 Å². The molecule has 3 atom stereocenters. The Morgan fingerprint density at radius 2 is 2.04 bits per heavy atom. The maximum Gasteiger partial charge on any atom is 0.352 e. The number of carbonyl (C=O) groups is 4. The molecule has 1 fully saturated rings. The fraction of sp³-hybridized carbons (Fsp3) is 0.571. The molecule has 0 aromatic rings. The summed E-state index contributed by atoms with van der Waals surface area (Å²) in [6, 6.07) is -1.87. The van der Waals surface area contributed by atoms with Crippen molar-refractivity contribution in [1.29, 1.82) is 0 Å². The van der Waals surface area contributed by atoms with Gasteiger partial charge in [-0.2, -0.15) is 0 Å². The Morgan fingerprint density at radius 3 is 2.60 bits per heavy atom. The van der Waals surface area contributed by atoms with Gasteiger partial charge < -0.3 is 26.4 Å². The van der Waals surface area contributed by atoms with Crippen molar-refractivity contribution >= 4 is 35.5 Å². The number of thioether (sulfide) groups is 1. The molecule has 2 rings (SSSR count). The van der Waals surface area contributed by atoms with Gasteiger partial charge in [0.1, 0.15) is 23.2 Å². The quantitative estimate of drug-likeness (QED) is 0.311. The molecule has 0 unspecified atom stereocenters. The topological polar surface area (TPSA) is 170 Å². The van der Waals surface area contributed by atoms with Crippen LogP contribution in [-0.2, 0) is 19.2 Å². The number of carboxylic acids is 2. The van der Waals surface area contributed by atoms with Gasteiger partial charge in [0.15, 0.2) is 0 Å². The summed E-state index contributed by atoms with van der Waals surface area (Å²) in [5.41, 5.74) is 5.38. The van der Waals surface area contributed by atoms with E-state index in [1.165, 1.54) is 11.8 Å². The molecule has 0 aliphatic carbocycles. The van der Waals surface area contributed by atoms with Crippen molar-refractivity contribution in [2.45, 2.75) is 36.7 Å². The summed E-state index contributed by atoms with van der Waals surface area (Å²) in [5, 5.41) is 29.1. The molecule has 25 heavy (non-hydrogen) atoms. The van der Waals surface area contributed by atoms with Crippen LogP contribution < -0.4 is 11.1 Å². The lowest BCUT2D eigenvalue weighted by atomic mass is 10.0. The average molecular weight is 373 g/mol. The van der Waals surface area contributed by atoms with Gasteiger partial charge in [0.05, 0.1) is 6.61 Å². The van der Waals surface area contributed by atoms with Crippen LogP contribution in [0.15, 0.2) is 11.3 Å². The van der Waals surface area contributed by atoms with Crippen LogP contribution in [0.1, 0.15) is 19.3 Å². The third-order valence-corrected chi connectivity index (χ3v) is 5.33. The minimum Gasteiger partial charge on any atom is -0.480 e. The third kappa shape index (κ3) is 3.94. The predicted octanol–water partition coefficient (Wildman–Crippen LogP) is -1.70. The van der Waals surface area contributed by atoms with Crippen LogP contribution in [0.4, 0.5) is 0 Å². The van der Waals surface area contributed by atoms with Crippen LogP contribution in [0.5, 0.6) is 0 Å². The molecule has 6 N–H and O–H groups in total. The Hall–Kier alpha value is -2.11. The highest BCUT2D eigenvalue weighted by Gasteiger charge is 2.53. The van der Waals surface area contributed by atoms with E-state index in [0.717, 1.165) is 4.90 Å². The SMILES string of the molecule is N[C@@H](CCCC(=O)N[C@@H]1C(=O)N2C(C(=O)O)=C(CO)CS[C@H]12)C(=O)O. The molecular weight excluding hydrogens is 354 g/mol. The molecule has 0 saturated carbocycles. The number of nitrogens with two attached hydrogens (primary N) is 1. The number of rotatable bonds is 8. The zero-order valence-corrected chi connectivity index (χ0v) is 14.0. The number of aliphatic hydroxyl groups is 1. The van der Waals surface area contributed by atoms with Crippen molar-refractivity contribution in [2.75, 3.05) is 12.4 Å². The van der Waals surface area contributed by atoms with Crippen molar-refractivity contribution < 1.29 is 34.5 Å². The summed E-state index contributed by atoms with van der Waals surface area (Å²) in [6.07, 6.45) is 0.416. The average Bonchev–Trinajstić information content (AvgIpc) is 2.57. The van der Waals surface area contributed by atoms with E-state index in [4.69, 9.17) is 10.8 Å². The highest BCUT2D eigenvalue weighted by molar-refractivity contribution is 8.00. The van der Waals surface area contributed by atoms with Crippen LogP contribution in [0, 0.1) is 0 Å². The highest BCUT2D eigenvalue weighted by Crippen LogP contribution is 2.40. The van der Waals surface area contributed by atoms with Crippen LogP contribution in [0.3, 0.4) is 0 Å². The second kappa shape index (κ2) is 7.85. The molecule has 0 bridgehead atoms. The Bertz CT molecular complexity index is 636. The first kappa shape index (κ1) is 19.2. The maximum absolute atomic E-state index is 12.2. The van der Waals surface area contributed by atoms with Gasteiger partial charge in [-0.25, -0.2) is 4.79 Å². The molecule has 2 amide bonds. The number of amides is 2. The number of hydrogen-bond donors (Lipinski definition) is 5. The lowest BCUT2D eigenvalue weighted by molar-refractivity contribution is -0.150. The molecule has 138 valence electrons. The lowest BCUT2D eigenvalue weighted by Gasteiger charge is -2.49. The Labute approximate surface area is 147 Å². The first-order valence-corrected chi connectivity index (χ1v) is 8.61. The van der Waals surface area contributed by atoms with E-state index < -0.39 is 47.8 Å². The van der Waals surface area contributed by atoms with E-state index in [0.29, 0.717) is 0 Å². The van der Waals surface area contributed by atoms with Crippen LogP contribution in [0.2, 0.25) is 0 Å². The highest BCUT2D eigenvalue weighted by atomic mass is 32.2. The fourth-order valence-electron chi connectivity index (χ4n) is 2.66. The van der Waals surface area contributed by atoms with Crippen molar-refractivity contribution in [3.63, 3.8) is 0 Å². The van der Waals surface area contributed by atoms with Crippen LogP contribution in [-0.4, -0.2) is 73.8 Å². The number of aliphatic carboxylic acids is 2. The molecule has 0 aromatic heterocycles. The Morgan fingerprint density at radius 1 is 1.36 bits per heavy atom. The van der Waals surface area contributed by atoms with Gasteiger partial charge in [-0.3, -0.25) is 19.3 Å². The van der Waals surface area contributed by atoms with Crippen LogP contribution in [0.25, 0.3) is 0 Å². The Kier molecular flexibility index (Phi) is 6.03. The standard InChI is InChI=1S/C14H19N3O7S/c15-7(13(21)22)2-1-3-8(19)16-9-11(20)17-10(14(23)24)6(4-18)5-25-12(9)17/h7,9,12,18H,1-5,15H2,(H,16,19)(H,21,22)(H,23,24)/t7-,9+,12+/m0/s1. The number of hydrogen-bond acceptors (Lipinski definition) is 7. The number of nitrogens with one attached hydrogen (secondary N) is 1. The van der Waals surface area contributed by atoms with Crippen molar-refractivity contribution in [1.82, 2.24) is 10.2 Å². The van der Waals surface area contributed by atoms with E-state index >= 15 is 0 Å². The molecule has 0 aromatic carbocycles. The largest absolute Gasteiger partial charge is 0.480 e. The fourth-order valence-corrected chi connectivity index (χ4v) is 3.99. The first-order valence-electron chi connectivity index (χ1n) is 7.56. The molecule has 1 saturated heterocycles. The second-order valence-electron chi connectivity index (χ2n) is 5.71. The van der Waals surface area contributed by atoms with Gasteiger partial charge in [0.2, 0.25) is 5.91 Å². The van der Waals surface area contributed by atoms with Crippen molar-refractivity contribution in [3.05, 3.63) is 11.3 Å². The van der Waals surface area contributed by atoms with Gasteiger partial charge >= 0.3 is 11.9 Å². The van der Waals surface area contributed by atoms with E-state index in [9.17, 15) is 29.4 Å². The minimum atomic E-state index is -1.30. The third-order valence-electron chi connectivity index (χ3n) is 3.99. The maximum atomic E-state index is 12.2. The van der Waals surface area contributed by atoms with E-state index in [-0.39, 0.29) is 36.3 Å². The van der Waals surface area contributed by atoms with Crippen LogP contribution >= 0.6 is 11.8 Å². The molecule has 2 heterocycles. The number of nitrogens with zero attached hydrogens (tertiary/aromatic N) is 1. The summed E-state index contributed by atoms with van der Waals surface area (Å²) < 4.78 is 0. The van der Waals surface area contributed by atoms with Gasteiger partial charge in [-0.15, -0.1) is 11.8 Å². The number of β-lactam (4-membered cyclic amide) rings is 1. The second-order valence-corrected chi connectivity index (χ2v) is 6.81. The number of carbonyl (C=O) groups excluding carboxylic acids is 2.